The van der Waals surface area contributed by atoms with Gasteiger partial charge in [0.05, 0.1) is 4.90 Å². The topological polar surface area (TPSA) is 75.7 Å². The average Bonchev–Trinajstić information content (AvgIpc) is 2.59. The summed E-state index contributed by atoms with van der Waals surface area (Å²) in [5, 5.41) is 2.77. The van der Waals surface area contributed by atoms with Crippen molar-refractivity contribution in [3.63, 3.8) is 0 Å². The minimum absolute atomic E-state index is 0.131. The van der Waals surface area contributed by atoms with Crippen LogP contribution >= 0.6 is 0 Å². The number of ether oxygens (including phenoxy) is 1. The molecule has 0 saturated heterocycles. The normalized spacial score (nSPS) is 11.4. The van der Waals surface area contributed by atoms with Crippen molar-refractivity contribution >= 4 is 15.9 Å². The number of amides is 1. The Labute approximate surface area is 148 Å². The minimum Gasteiger partial charge on any atom is -0.484 e. The zero-order valence-corrected chi connectivity index (χ0v) is 15.3. The first-order valence-electron chi connectivity index (χ1n) is 7.77. The van der Waals surface area contributed by atoms with E-state index in [4.69, 9.17) is 4.74 Å². The first kappa shape index (κ1) is 19.0. The highest BCUT2D eigenvalue weighted by molar-refractivity contribution is 7.89. The summed E-state index contributed by atoms with van der Waals surface area (Å²) in [4.78, 5) is 12.1. The van der Waals surface area contributed by atoms with E-state index in [0.717, 1.165) is 9.87 Å². The van der Waals surface area contributed by atoms with Crippen molar-refractivity contribution in [2.45, 2.75) is 18.4 Å². The molecule has 1 N–H and O–H groups in total. The third kappa shape index (κ3) is 5.04. The standard InChI is InChI=1S/C18H22N2O4S/c1-14-11-16(25(22,23)20(2)3)9-10-17(14)24-13-18(21)19-12-15-7-5-4-6-8-15/h4-11H,12-13H2,1-3H3,(H,19,21). The van der Waals surface area contributed by atoms with Crippen LogP contribution in [0.1, 0.15) is 11.1 Å². The molecular weight excluding hydrogens is 340 g/mol. The lowest BCUT2D eigenvalue weighted by atomic mass is 10.2. The van der Waals surface area contributed by atoms with Gasteiger partial charge in [-0.2, -0.15) is 0 Å². The van der Waals surface area contributed by atoms with Gasteiger partial charge in [-0.25, -0.2) is 12.7 Å². The first-order chi connectivity index (χ1) is 11.8. The molecule has 0 aliphatic carbocycles. The Morgan fingerprint density at radius 2 is 1.80 bits per heavy atom. The van der Waals surface area contributed by atoms with Gasteiger partial charge in [-0.1, -0.05) is 30.3 Å². The maximum atomic E-state index is 12.1. The summed E-state index contributed by atoms with van der Waals surface area (Å²) in [6, 6.07) is 14.2. The second-order valence-electron chi connectivity index (χ2n) is 5.77. The summed E-state index contributed by atoms with van der Waals surface area (Å²) >= 11 is 0. The van der Waals surface area contributed by atoms with Crippen molar-refractivity contribution in [3.8, 4) is 5.75 Å². The molecule has 0 fully saturated rings. The SMILES string of the molecule is Cc1cc(S(=O)(=O)N(C)C)ccc1OCC(=O)NCc1ccccc1. The largest absolute Gasteiger partial charge is 0.484 e. The number of nitrogens with one attached hydrogen (secondary N) is 1. The molecule has 0 bridgehead atoms. The summed E-state index contributed by atoms with van der Waals surface area (Å²) in [6.07, 6.45) is 0. The molecule has 25 heavy (non-hydrogen) atoms. The molecule has 134 valence electrons. The molecule has 0 spiro atoms. The molecule has 2 aromatic carbocycles. The Kier molecular flexibility index (Phi) is 6.17. The summed E-state index contributed by atoms with van der Waals surface area (Å²) in [7, 11) is -0.532. The third-order valence-electron chi connectivity index (χ3n) is 3.62. The number of aryl methyl sites for hydroxylation is 1. The minimum atomic E-state index is -3.49. The fourth-order valence-electron chi connectivity index (χ4n) is 2.15. The number of sulfonamides is 1. The molecule has 0 aromatic heterocycles. The molecule has 0 saturated carbocycles. The molecule has 0 aliphatic heterocycles. The zero-order chi connectivity index (χ0) is 18.4. The Bertz CT molecular complexity index is 833. The predicted molar refractivity (Wildman–Crippen MR) is 95.8 cm³/mol. The summed E-state index contributed by atoms with van der Waals surface area (Å²) in [5.41, 5.74) is 1.66. The number of benzene rings is 2. The molecule has 2 rings (SSSR count). The summed E-state index contributed by atoms with van der Waals surface area (Å²) in [5.74, 6) is 0.237. The number of nitrogens with zero attached hydrogens (tertiary/aromatic N) is 1. The van der Waals surface area contributed by atoms with Crippen LogP contribution in [0.4, 0.5) is 0 Å². The van der Waals surface area contributed by atoms with Crippen LogP contribution in [-0.4, -0.2) is 39.3 Å². The molecule has 0 heterocycles. The van der Waals surface area contributed by atoms with E-state index in [2.05, 4.69) is 5.32 Å². The van der Waals surface area contributed by atoms with Gasteiger partial charge < -0.3 is 10.1 Å². The van der Waals surface area contributed by atoms with E-state index >= 15 is 0 Å². The molecule has 0 radical (unpaired) electrons. The molecule has 7 heteroatoms. The number of hydrogen-bond acceptors (Lipinski definition) is 4. The lowest BCUT2D eigenvalue weighted by molar-refractivity contribution is -0.123. The molecule has 0 atom stereocenters. The van der Waals surface area contributed by atoms with Gasteiger partial charge in [0.25, 0.3) is 5.91 Å². The van der Waals surface area contributed by atoms with E-state index in [0.29, 0.717) is 17.9 Å². The lowest BCUT2D eigenvalue weighted by Gasteiger charge is -2.14. The number of carbonyl (C=O) groups is 1. The number of hydrogen-bond donors (Lipinski definition) is 1. The van der Waals surface area contributed by atoms with Crippen LogP contribution in [-0.2, 0) is 21.4 Å². The number of carbonyl (C=O) groups excluding carboxylic acids is 1. The van der Waals surface area contributed by atoms with E-state index in [-0.39, 0.29) is 17.4 Å². The van der Waals surface area contributed by atoms with Gasteiger partial charge >= 0.3 is 0 Å². The molecule has 6 nitrogen and oxygen atoms in total. The molecule has 0 aliphatic rings. The van der Waals surface area contributed by atoms with Gasteiger partial charge in [0.15, 0.2) is 6.61 Å². The summed E-state index contributed by atoms with van der Waals surface area (Å²) < 4.78 is 30.9. The van der Waals surface area contributed by atoms with Crippen molar-refractivity contribution in [2.75, 3.05) is 20.7 Å². The summed E-state index contributed by atoms with van der Waals surface area (Å²) in [6.45, 7) is 2.04. The molecule has 1 amide bonds. The van der Waals surface area contributed by atoms with E-state index in [1.807, 2.05) is 30.3 Å². The van der Waals surface area contributed by atoms with Crippen molar-refractivity contribution in [1.29, 1.82) is 0 Å². The van der Waals surface area contributed by atoms with Crippen LogP contribution in [0.3, 0.4) is 0 Å². The first-order valence-corrected chi connectivity index (χ1v) is 9.21. The predicted octanol–water partition coefficient (Wildman–Crippen LogP) is 1.94. The lowest BCUT2D eigenvalue weighted by Crippen LogP contribution is -2.28. The van der Waals surface area contributed by atoms with Crippen LogP contribution in [0.25, 0.3) is 0 Å². The van der Waals surface area contributed by atoms with Crippen LogP contribution in [0.5, 0.6) is 5.75 Å². The van der Waals surface area contributed by atoms with Gasteiger partial charge in [0, 0.05) is 20.6 Å². The Hall–Kier alpha value is -2.38. The average molecular weight is 362 g/mol. The molecular formula is C18H22N2O4S. The van der Waals surface area contributed by atoms with Crippen molar-refractivity contribution < 1.29 is 17.9 Å². The quantitative estimate of drug-likeness (QED) is 0.817. The van der Waals surface area contributed by atoms with Crippen molar-refractivity contribution in [2.24, 2.45) is 0 Å². The molecule has 0 unspecified atom stereocenters. The van der Waals surface area contributed by atoms with Crippen molar-refractivity contribution in [3.05, 3.63) is 59.7 Å². The van der Waals surface area contributed by atoms with E-state index in [1.54, 1.807) is 13.0 Å². The second-order valence-corrected chi connectivity index (χ2v) is 7.92. The smallest absolute Gasteiger partial charge is 0.258 e. The van der Waals surface area contributed by atoms with Gasteiger partial charge in [0.2, 0.25) is 10.0 Å². The maximum absolute atomic E-state index is 12.1. The van der Waals surface area contributed by atoms with E-state index in [1.165, 1.54) is 26.2 Å². The van der Waals surface area contributed by atoms with E-state index < -0.39 is 10.0 Å². The second kappa shape index (κ2) is 8.13. The fraction of sp³-hybridized carbons (Fsp3) is 0.278. The highest BCUT2D eigenvalue weighted by Gasteiger charge is 2.18. The van der Waals surface area contributed by atoms with Gasteiger partial charge in [-0.05, 0) is 36.2 Å². The monoisotopic (exact) mass is 362 g/mol. The Morgan fingerprint density at radius 1 is 1.12 bits per heavy atom. The van der Waals surface area contributed by atoms with E-state index in [9.17, 15) is 13.2 Å². The van der Waals surface area contributed by atoms with Crippen LogP contribution in [0.2, 0.25) is 0 Å². The van der Waals surface area contributed by atoms with Gasteiger partial charge in [-0.3, -0.25) is 4.79 Å². The van der Waals surface area contributed by atoms with Crippen molar-refractivity contribution in [1.82, 2.24) is 9.62 Å². The Morgan fingerprint density at radius 3 is 2.40 bits per heavy atom. The highest BCUT2D eigenvalue weighted by Crippen LogP contribution is 2.23. The van der Waals surface area contributed by atoms with Crippen LogP contribution in [0, 0.1) is 6.92 Å². The number of rotatable bonds is 7. The highest BCUT2D eigenvalue weighted by atomic mass is 32.2. The molecule has 2 aromatic rings. The van der Waals surface area contributed by atoms with Gasteiger partial charge in [0.1, 0.15) is 5.75 Å². The van der Waals surface area contributed by atoms with Crippen LogP contribution in [0.15, 0.2) is 53.4 Å². The third-order valence-corrected chi connectivity index (χ3v) is 5.43. The Balaban J connectivity index is 1.93. The fourth-order valence-corrected chi connectivity index (χ4v) is 3.13. The van der Waals surface area contributed by atoms with Crippen LogP contribution < -0.4 is 10.1 Å². The zero-order valence-electron chi connectivity index (χ0n) is 14.5. The van der Waals surface area contributed by atoms with Gasteiger partial charge in [-0.15, -0.1) is 0 Å². The maximum Gasteiger partial charge on any atom is 0.258 e.